The monoisotopic (exact) mass is 207 g/mol. The SMILES string of the molecule is [CH2][CH]n1c(=O)n([CH][CH2])c(=O)n([CH][CH2])c1=O. The standard InChI is InChI=1S/C9H9N3O3/c1-4-10-7(13)11(5-2)9(15)12(6-3)8(10)14/h4-6H,1-3H2. The first-order valence-corrected chi connectivity index (χ1v) is 3.95. The maximum Gasteiger partial charge on any atom is 0.336 e. The fourth-order valence-electron chi connectivity index (χ4n) is 1.06. The van der Waals surface area contributed by atoms with Crippen molar-refractivity contribution in [1.29, 1.82) is 0 Å². The van der Waals surface area contributed by atoms with Crippen LogP contribution in [-0.2, 0) is 0 Å². The van der Waals surface area contributed by atoms with Crippen molar-refractivity contribution in [3.05, 3.63) is 71.9 Å². The maximum absolute atomic E-state index is 11.5. The van der Waals surface area contributed by atoms with E-state index >= 15 is 0 Å². The molecular weight excluding hydrogens is 198 g/mol. The lowest BCUT2D eigenvalue weighted by molar-refractivity contribution is 0.613. The number of hydrogen-bond donors (Lipinski definition) is 0. The van der Waals surface area contributed by atoms with Crippen molar-refractivity contribution in [3.8, 4) is 0 Å². The van der Waals surface area contributed by atoms with Crippen LogP contribution in [0.15, 0.2) is 14.4 Å². The Labute approximate surface area is 86.4 Å². The van der Waals surface area contributed by atoms with Crippen molar-refractivity contribution in [2.24, 2.45) is 0 Å². The predicted molar refractivity (Wildman–Crippen MR) is 54.4 cm³/mol. The molecule has 1 heterocycles. The molecule has 78 valence electrons. The van der Waals surface area contributed by atoms with E-state index in [0.717, 1.165) is 19.6 Å². The minimum absolute atomic E-state index is 0.685. The molecule has 0 atom stereocenters. The van der Waals surface area contributed by atoms with Crippen LogP contribution in [0.1, 0.15) is 0 Å². The molecule has 0 saturated carbocycles. The molecule has 6 heteroatoms. The molecule has 0 aliphatic rings. The molecule has 0 saturated heterocycles. The molecule has 0 aliphatic heterocycles. The van der Waals surface area contributed by atoms with Gasteiger partial charge in [0.2, 0.25) is 0 Å². The van der Waals surface area contributed by atoms with Crippen LogP contribution in [0.2, 0.25) is 0 Å². The topological polar surface area (TPSA) is 66.0 Å². The van der Waals surface area contributed by atoms with Gasteiger partial charge in [-0.25, -0.2) is 28.1 Å². The van der Waals surface area contributed by atoms with Crippen LogP contribution in [0.3, 0.4) is 0 Å². The average Bonchev–Trinajstić information content (AvgIpc) is 2.19. The molecule has 0 N–H and O–H groups in total. The molecular formula is C9H9N3O3. The minimum atomic E-state index is -0.812. The van der Waals surface area contributed by atoms with Gasteiger partial charge in [-0.2, -0.15) is 0 Å². The third-order valence-electron chi connectivity index (χ3n) is 1.78. The van der Waals surface area contributed by atoms with Crippen molar-refractivity contribution in [2.75, 3.05) is 0 Å². The maximum atomic E-state index is 11.5. The fraction of sp³-hybridized carbons (Fsp3) is 0. The number of aromatic nitrogens is 3. The Bertz CT molecular complexity index is 414. The molecule has 6 nitrogen and oxygen atoms in total. The Kier molecular flexibility index (Phi) is 3.28. The summed E-state index contributed by atoms with van der Waals surface area (Å²) in [4.78, 5) is 34.4. The van der Waals surface area contributed by atoms with Gasteiger partial charge < -0.3 is 0 Å². The molecule has 0 amide bonds. The zero-order valence-corrected chi connectivity index (χ0v) is 7.92. The lowest BCUT2D eigenvalue weighted by atomic mass is 10.6. The van der Waals surface area contributed by atoms with Crippen molar-refractivity contribution in [1.82, 2.24) is 13.7 Å². The van der Waals surface area contributed by atoms with Gasteiger partial charge in [-0.15, -0.1) is 0 Å². The molecule has 1 rings (SSSR count). The second-order valence-electron chi connectivity index (χ2n) is 2.51. The van der Waals surface area contributed by atoms with Crippen LogP contribution in [0.25, 0.3) is 0 Å². The van der Waals surface area contributed by atoms with Gasteiger partial charge in [0.25, 0.3) is 0 Å². The summed E-state index contributed by atoms with van der Waals surface area (Å²) in [5, 5.41) is 0. The third-order valence-corrected chi connectivity index (χ3v) is 1.78. The molecule has 0 aromatic carbocycles. The summed E-state index contributed by atoms with van der Waals surface area (Å²) in [6.07, 6.45) is 0. The van der Waals surface area contributed by atoms with Crippen LogP contribution < -0.4 is 17.1 Å². The van der Waals surface area contributed by atoms with Gasteiger partial charge in [0.05, 0.1) is 19.6 Å². The quantitative estimate of drug-likeness (QED) is 0.619. The Balaban J connectivity index is 3.82. The second kappa shape index (κ2) is 4.29. The Morgan fingerprint density at radius 1 is 0.667 bits per heavy atom. The number of hydrogen-bond acceptors (Lipinski definition) is 3. The predicted octanol–water partition coefficient (Wildman–Crippen LogP) is -1.30. The summed E-state index contributed by atoms with van der Waals surface area (Å²) >= 11 is 0. The van der Waals surface area contributed by atoms with E-state index in [1.807, 2.05) is 0 Å². The molecule has 0 fully saturated rings. The lowest BCUT2D eigenvalue weighted by Gasteiger charge is -2.08. The summed E-state index contributed by atoms with van der Waals surface area (Å²) in [7, 11) is 0. The Morgan fingerprint density at radius 3 is 1.00 bits per heavy atom. The van der Waals surface area contributed by atoms with Crippen LogP contribution in [0.4, 0.5) is 0 Å². The van der Waals surface area contributed by atoms with Gasteiger partial charge in [-0.3, -0.25) is 0 Å². The average molecular weight is 207 g/mol. The zero-order chi connectivity index (χ0) is 11.6. The highest BCUT2D eigenvalue weighted by atomic mass is 16.2. The first kappa shape index (κ1) is 11.5. The second-order valence-corrected chi connectivity index (χ2v) is 2.51. The molecule has 0 bridgehead atoms. The van der Waals surface area contributed by atoms with Crippen LogP contribution in [0, 0.1) is 40.4 Å². The highest BCUT2D eigenvalue weighted by Gasteiger charge is 2.12. The van der Waals surface area contributed by atoms with E-state index in [2.05, 4.69) is 20.8 Å². The molecule has 15 heavy (non-hydrogen) atoms. The van der Waals surface area contributed by atoms with E-state index < -0.39 is 17.1 Å². The Hall–Kier alpha value is -1.59. The first-order valence-electron chi connectivity index (χ1n) is 3.95. The van der Waals surface area contributed by atoms with Gasteiger partial charge in [-0.1, -0.05) is 0 Å². The summed E-state index contributed by atoms with van der Waals surface area (Å²) in [6.45, 7) is 13.0. The normalized spacial score (nSPS) is 10.6. The van der Waals surface area contributed by atoms with E-state index in [-0.39, 0.29) is 0 Å². The summed E-state index contributed by atoms with van der Waals surface area (Å²) in [5.41, 5.74) is -2.44. The summed E-state index contributed by atoms with van der Waals surface area (Å²) in [6, 6.07) is 0. The van der Waals surface area contributed by atoms with Crippen molar-refractivity contribution < 1.29 is 0 Å². The van der Waals surface area contributed by atoms with Crippen LogP contribution in [-0.4, -0.2) is 13.7 Å². The van der Waals surface area contributed by atoms with Crippen LogP contribution >= 0.6 is 0 Å². The summed E-state index contributed by atoms with van der Waals surface area (Å²) in [5.74, 6) is 0. The molecule has 0 unspecified atom stereocenters. The fourth-order valence-corrected chi connectivity index (χ4v) is 1.06. The van der Waals surface area contributed by atoms with Crippen LogP contribution in [0.5, 0.6) is 0 Å². The highest BCUT2D eigenvalue weighted by molar-refractivity contribution is 4.92. The van der Waals surface area contributed by atoms with Gasteiger partial charge in [0.15, 0.2) is 0 Å². The van der Waals surface area contributed by atoms with Gasteiger partial charge in [-0.05, 0) is 20.8 Å². The third kappa shape index (κ3) is 1.67. The molecule has 0 aliphatic carbocycles. The van der Waals surface area contributed by atoms with Crippen molar-refractivity contribution in [2.45, 2.75) is 0 Å². The number of rotatable bonds is 3. The first-order chi connectivity index (χ1) is 7.08. The molecule has 1 aromatic heterocycles. The summed E-state index contributed by atoms with van der Waals surface area (Å²) < 4.78 is 2.06. The van der Waals surface area contributed by atoms with E-state index in [1.165, 1.54) is 0 Å². The van der Waals surface area contributed by atoms with E-state index in [9.17, 15) is 14.4 Å². The minimum Gasteiger partial charge on any atom is -0.247 e. The zero-order valence-electron chi connectivity index (χ0n) is 7.92. The van der Waals surface area contributed by atoms with Crippen molar-refractivity contribution >= 4 is 0 Å². The van der Waals surface area contributed by atoms with E-state index in [1.54, 1.807) is 0 Å². The van der Waals surface area contributed by atoms with E-state index in [0.29, 0.717) is 13.7 Å². The number of nitrogens with zero attached hydrogens (tertiary/aromatic N) is 3. The molecule has 0 spiro atoms. The lowest BCUT2D eigenvalue weighted by Crippen LogP contribution is -2.52. The van der Waals surface area contributed by atoms with Gasteiger partial charge >= 0.3 is 17.1 Å². The largest absolute Gasteiger partial charge is 0.336 e. The highest BCUT2D eigenvalue weighted by Crippen LogP contribution is 1.78. The molecule has 6 radical (unpaired) electrons. The van der Waals surface area contributed by atoms with Crippen molar-refractivity contribution in [3.63, 3.8) is 0 Å². The van der Waals surface area contributed by atoms with E-state index in [4.69, 9.17) is 0 Å². The molecule has 1 aromatic rings. The van der Waals surface area contributed by atoms with Gasteiger partial charge in [0.1, 0.15) is 0 Å². The smallest absolute Gasteiger partial charge is 0.247 e. The Morgan fingerprint density at radius 2 is 0.867 bits per heavy atom. The van der Waals surface area contributed by atoms with Gasteiger partial charge in [0, 0.05) is 0 Å².